The minimum absolute atomic E-state index is 0.0519. The molecule has 11 nitrogen and oxygen atoms in total. The number of halogens is 2. The summed E-state index contributed by atoms with van der Waals surface area (Å²) in [5.74, 6) is -4.56. The van der Waals surface area contributed by atoms with Crippen LogP contribution in [0, 0.1) is 5.92 Å². The number of hydrogen-bond donors (Lipinski definition) is 3. The van der Waals surface area contributed by atoms with E-state index in [0.717, 1.165) is 0 Å². The van der Waals surface area contributed by atoms with E-state index in [1.165, 1.54) is 14.0 Å². The van der Waals surface area contributed by atoms with Crippen molar-refractivity contribution in [1.82, 2.24) is 20.9 Å². The molecule has 1 aliphatic carbocycles. The van der Waals surface area contributed by atoms with Gasteiger partial charge < -0.3 is 30.2 Å². The quantitative estimate of drug-likeness (QED) is 0.268. The fourth-order valence-electron chi connectivity index (χ4n) is 5.52. The minimum Gasteiger partial charge on any atom is -0.497 e. The van der Waals surface area contributed by atoms with Gasteiger partial charge in [0.25, 0.3) is 0 Å². The number of ether oxygens (including phenoxy) is 3. The molecule has 4 rings (SSSR count). The number of nitrogens with zero attached hydrogens (tertiary/aromatic N) is 1. The molecule has 2 heterocycles. The van der Waals surface area contributed by atoms with Crippen molar-refractivity contribution >= 4 is 23.5 Å². The molecule has 1 aromatic rings. The second-order valence-corrected chi connectivity index (χ2v) is 11.9. The zero-order chi connectivity index (χ0) is 31.2. The molecule has 0 unspecified atom stereocenters. The summed E-state index contributed by atoms with van der Waals surface area (Å²) in [6, 6.07) is 3.82. The molecule has 3 fully saturated rings. The van der Waals surface area contributed by atoms with Gasteiger partial charge in [-0.25, -0.2) is 8.78 Å². The number of rotatable bonds is 14. The van der Waals surface area contributed by atoms with Crippen molar-refractivity contribution in [2.75, 3.05) is 46.6 Å². The third-order valence-electron chi connectivity index (χ3n) is 8.28. The SMILES string of the molecule is COc1ccc(C[C@H](NC(=O)[C@H](C)NC(=O)CN2CCOCC2)C(=O)N[C@@H](C[C@@H]2CCC(F)(F)C2)C(=O)[C@@]2(C)CO2)cc1. The number of Topliss-reactive ketones (excluding diaryl/α,β-unsaturated/α-hetero) is 1. The molecule has 3 aliphatic rings. The third-order valence-corrected chi connectivity index (χ3v) is 8.28. The average Bonchev–Trinajstić information content (AvgIpc) is 3.64. The molecule has 3 amide bonds. The van der Waals surface area contributed by atoms with Crippen molar-refractivity contribution in [1.29, 1.82) is 0 Å². The van der Waals surface area contributed by atoms with Gasteiger partial charge in [0.05, 0.1) is 39.5 Å². The van der Waals surface area contributed by atoms with Crippen molar-refractivity contribution in [3.8, 4) is 5.75 Å². The Hall–Kier alpha value is -3.16. The van der Waals surface area contributed by atoms with Crippen LogP contribution < -0.4 is 20.7 Å². The number of hydrogen-bond acceptors (Lipinski definition) is 8. The van der Waals surface area contributed by atoms with Crippen molar-refractivity contribution in [2.45, 2.75) is 75.6 Å². The molecule has 13 heteroatoms. The molecular formula is C30H42F2N4O7. The molecule has 2 saturated heterocycles. The van der Waals surface area contributed by atoms with E-state index in [-0.39, 0.29) is 56.9 Å². The average molecular weight is 609 g/mol. The highest BCUT2D eigenvalue weighted by Crippen LogP contribution is 2.41. The summed E-state index contributed by atoms with van der Waals surface area (Å²) >= 11 is 0. The van der Waals surface area contributed by atoms with Crippen LogP contribution in [-0.2, 0) is 35.1 Å². The number of carbonyl (C=O) groups excluding carboxylic acids is 4. The summed E-state index contributed by atoms with van der Waals surface area (Å²) in [7, 11) is 1.53. The van der Waals surface area contributed by atoms with Crippen LogP contribution in [0.25, 0.3) is 0 Å². The molecule has 1 aromatic carbocycles. The Balaban J connectivity index is 1.45. The van der Waals surface area contributed by atoms with Gasteiger partial charge in [0.2, 0.25) is 23.6 Å². The summed E-state index contributed by atoms with van der Waals surface area (Å²) in [5.41, 5.74) is -0.367. The molecule has 3 N–H and O–H groups in total. The van der Waals surface area contributed by atoms with E-state index < -0.39 is 47.4 Å². The predicted octanol–water partition coefficient (Wildman–Crippen LogP) is 1.23. The van der Waals surface area contributed by atoms with E-state index in [2.05, 4.69) is 16.0 Å². The summed E-state index contributed by atoms with van der Waals surface area (Å²) in [6.07, 6.45) is -0.232. The second kappa shape index (κ2) is 14.1. The van der Waals surface area contributed by atoms with Gasteiger partial charge >= 0.3 is 0 Å². The first-order valence-electron chi connectivity index (χ1n) is 14.8. The number of carbonyl (C=O) groups is 4. The Kier molecular flexibility index (Phi) is 10.7. The first-order valence-corrected chi connectivity index (χ1v) is 14.8. The number of alkyl halides is 2. The normalized spacial score (nSPS) is 25.2. The summed E-state index contributed by atoms with van der Waals surface area (Å²) in [4.78, 5) is 54.6. The maximum absolute atomic E-state index is 13.9. The van der Waals surface area contributed by atoms with Crippen LogP contribution in [0.3, 0.4) is 0 Å². The topological polar surface area (TPSA) is 139 Å². The number of nitrogens with one attached hydrogen (secondary N) is 3. The van der Waals surface area contributed by atoms with Gasteiger partial charge in [0.15, 0.2) is 5.78 Å². The van der Waals surface area contributed by atoms with Crippen LogP contribution >= 0.6 is 0 Å². The zero-order valence-corrected chi connectivity index (χ0v) is 25.0. The summed E-state index contributed by atoms with van der Waals surface area (Å²) in [6.45, 7) is 5.71. The van der Waals surface area contributed by atoms with Crippen molar-refractivity contribution in [3.63, 3.8) is 0 Å². The van der Waals surface area contributed by atoms with Crippen LogP contribution in [0.4, 0.5) is 8.78 Å². The van der Waals surface area contributed by atoms with Crippen LogP contribution in [0.2, 0.25) is 0 Å². The molecule has 1 saturated carbocycles. The zero-order valence-electron chi connectivity index (χ0n) is 25.0. The van der Waals surface area contributed by atoms with E-state index in [1.807, 2.05) is 4.90 Å². The van der Waals surface area contributed by atoms with E-state index in [9.17, 15) is 28.0 Å². The van der Waals surface area contributed by atoms with Crippen molar-refractivity contribution < 1.29 is 42.2 Å². The van der Waals surface area contributed by atoms with E-state index in [1.54, 1.807) is 31.2 Å². The fourth-order valence-corrected chi connectivity index (χ4v) is 5.52. The third kappa shape index (κ3) is 9.41. The second-order valence-electron chi connectivity index (χ2n) is 11.9. The molecule has 0 spiro atoms. The minimum atomic E-state index is -2.80. The van der Waals surface area contributed by atoms with Gasteiger partial charge in [-0.3, -0.25) is 24.1 Å². The molecular weight excluding hydrogens is 566 g/mol. The number of benzene rings is 1. The smallest absolute Gasteiger partial charge is 0.248 e. The van der Waals surface area contributed by atoms with Gasteiger partial charge in [-0.15, -0.1) is 0 Å². The Bertz CT molecular complexity index is 1160. The summed E-state index contributed by atoms with van der Waals surface area (Å²) in [5, 5.41) is 8.13. The Morgan fingerprint density at radius 1 is 1.05 bits per heavy atom. The number of epoxide rings is 1. The highest BCUT2D eigenvalue weighted by Gasteiger charge is 2.51. The maximum Gasteiger partial charge on any atom is 0.248 e. The lowest BCUT2D eigenvalue weighted by atomic mass is 9.90. The van der Waals surface area contributed by atoms with Gasteiger partial charge in [0.1, 0.15) is 23.4 Å². The number of morpholine rings is 1. The van der Waals surface area contributed by atoms with Crippen LogP contribution in [0.15, 0.2) is 24.3 Å². The molecule has 43 heavy (non-hydrogen) atoms. The van der Waals surface area contributed by atoms with E-state index >= 15 is 0 Å². The Morgan fingerprint density at radius 3 is 2.28 bits per heavy atom. The van der Waals surface area contributed by atoms with Gasteiger partial charge in [-0.2, -0.15) is 0 Å². The van der Waals surface area contributed by atoms with Crippen LogP contribution in [0.5, 0.6) is 5.75 Å². The van der Waals surface area contributed by atoms with Gasteiger partial charge in [0, 0.05) is 32.4 Å². The maximum atomic E-state index is 13.9. The lowest BCUT2D eigenvalue weighted by Crippen LogP contribution is -2.57. The monoisotopic (exact) mass is 608 g/mol. The predicted molar refractivity (Wildman–Crippen MR) is 152 cm³/mol. The highest BCUT2D eigenvalue weighted by molar-refractivity contribution is 5.98. The molecule has 2 aliphatic heterocycles. The first-order chi connectivity index (χ1) is 20.4. The molecule has 0 radical (unpaired) electrons. The number of methoxy groups -OCH3 is 1. The van der Waals surface area contributed by atoms with Crippen molar-refractivity contribution in [2.24, 2.45) is 5.92 Å². The number of ketones is 1. The first kappa shape index (κ1) is 32.7. The lowest BCUT2D eigenvalue weighted by Gasteiger charge is -2.27. The van der Waals surface area contributed by atoms with Gasteiger partial charge in [-0.05, 0) is 50.3 Å². The van der Waals surface area contributed by atoms with Crippen molar-refractivity contribution in [3.05, 3.63) is 29.8 Å². The molecule has 5 atom stereocenters. The van der Waals surface area contributed by atoms with Crippen LogP contribution in [-0.4, -0.2) is 105 Å². The Morgan fingerprint density at radius 2 is 1.70 bits per heavy atom. The van der Waals surface area contributed by atoms with E-state index in [4.69, 9.17) is 14.2 Å². The van der Waals surface area contributed by atoms with E-state index in [0.29, 0.717) is 37.6 Å². The highest BCUT2D eigenvalue weighted by atomic mass is 19.3. The standard InChI is InChI=1S/C30H42F2N4O7/c1-19(33-25(37)17-36-10-12-42-13-11-36)27(39)35-24(14-20-4-6-22(41-3)7-5-20)28(40)34-23(26(38)29(2)18-43-29)15-21-8-9-30(31,32)16-21/h4-7,19,21,23-24H,8-18H2,1-3H3,(H,33,37)(H,34,40)(H,35,39)/t19-,21-,23-,24-,29+/m0/s1. The molecule has 238 valence electrons. The largest absolute Gasteiger partial charge is 0.497 e. The Labute approximate surface area is 250 Å². The van der Waals surface area contributed by atoms with Gasteiger partial charge in [-0.1, -0.05) is 12.1 Å². The van der Waals surface area contributed by atoms with Crippen LogP contribution in [0.1, 0.15) is 45.1 Å². The lowest BCUT2D eigenvalue weighted by molar-refractivity contribution is -0.134. The molecule has 0 aromatic heterocycles. The summed E-state index contributed by atoms with van der Waals surface area (Å²) < 4.78 is 43.7. The fraction of sp³-hybridized carbons (Fsp3) is 0.667. The molecule has 0 bridgehead atoms. The number of amides is 3.